The van der Waals surface area contributed by atoms with Crippen LogP contribution in [0.1, 0.15) is 297 Å². The maximum atomic E-state index is 12.8. The Morgan fingerprint density at radius 2 is 0.557 bits per heavy atom. The summed E-state index contributed by atoms with van der Waals surface area (Å²) in [6.07, 6.45) is 74.9. The van der Waals surface area contributed by atoms with Crippen molar-refractivity contribution in [1.29, 1.82) is 0 Å². The summed E-state index contributed by atoms with van der Waals surface area (Å²) in [4.78, 5) is 38.0. The van der Waals surface area contributed by atoms with Crippen LogP contribution in [0.5, 0.6) is 0 Å². The first kappa shape index (κ1) is 66.9. The third-order valence-electron chi connectivity index (χ3n) is 13.0. The molecule has 6 nitrogen and oxygen atoms in total. The maximum Gasteiger partial charge on any atom is 0.306 e. The van der Waals surface area contributed by atoms with Crippen molar-refractivity contribution in [2.45, 2.75) is 303 Å². The summed E-state index contributed by atoms with van der Waals surface area (Å²) in [6, 6.07) is 0. The highest BCUT2D eigenvalue weighted by Crippen LogP contribution is 2.16. The molecule has 0 N–H and O–H groups in total. The Hall–Kier alpha value is -3.15. The van der Waals surface area contributed by atoms with Crippen LogP contribution in [0.25, 0.3) is 0 Å². The molecule has 0 radical (unpaired) electrons. The number of hydrogen-bond donors (Lipinski definition) is 0. The van der Waals surface area contributed by atoms with Crippen molar-refractivity contribution in [3.8, 4) is 0 Å². The lowest BCUT2D eigenvalue weighted by Crippen LogP contribution is -2.30. The number of esters is 3. The van der Waals surface area contributed by atoms with Gasteiger partial charge in [0.25, 0.3) is 0 Å². The fourth-order valence-corrected chi connectivity index (χ4v) is 8.51. The van der Waals surface area contributed by atoms with E-state index in [9.17, 15) is 14.4 Å². The Morgan fingerprint density at radius 1 is 0.300 bits per heavy atom. The van der Waals surface area contributed by atoms with E-state index in [0.717, 1.165) is 96.3 Å². The summed E-state index contributed by atoms with van der Waals surface area (Å²) in [5.74, 6) is -0.864. The number of carbonyl (C=O) groups is 3. The van der Waals surface area contributed by atoms with Gasteiger partial charge in [0, 0.05) is 19.3 Å². The third-order valence-corrected chi connectivity index (χ3v) is 13.0. The zero-order valence-electron chi connectivity index (χ0n) is 46.3. The first-order chi connectivity index (χ1) is 34.5. The smallest absolute Gasteiger partial charge is 0.306 e. The molecule has 0 aromatic rings. The Kier molecular flexibility index (Phi) is 55.8. The minimum Gasteiger partial charge on any atom is -0.462 e. The van der Waals surface area contributed by atoms with Gasteiger partial charge in [0.15, 0.2) is 6.10 Å². The van der Waals surface area contributed by atoms with Crippen molar-refractivity contribution >= 4 is 17.9 Å². The minimum atomic E-state index is -0.769. The van der Waals surface area contributed by atoms with Crippen LogP contribution in [0.3, 0.4) is 0 Å². The first-order valence-corrected chi connectivity index (χ1v) is 29.9. The van der Waals surface area contributed by atoms with E-state index in [-0.39, 0.29) is 31.1 Å². The van der Waals surface area contributed by atoms with E-state index in [1.807, 2.05) is 0 Å². The standard InChI is InChI=1S/C64H112O6/c1-4-7-10-13-16-19-22-23-24-25-26-27-28-29-30-31-32-33-34-35-36-37-38-39-40-41-43-45-48-51-54-57-63(66)69-60-61(59-68-62(65)56-53-50-47-44-21-18-15-12-9-6-3)70-64(67)58-55-52-49-46-42-20-17-14-11-8-5-2/h7,10,16,19,23-24,26-27,29-30,32-33,61H,4-6,8-9,11-15,17-18,20-22,25,28,31,34-60H2,1-3H3/b10-7-,19-16-,24-23-,27-26-,30-29-,33-32-. The average Bonchev–Trinajstić information content (AvgIpc) is 3.36. The topological polar surface area (TPSA) is 78.9 Å². The number of unbranched alkanes of at least 4 members (excludes halogenated alkanes) is 31. The van der Waals surface area contributed by atoms with Crippen molar-refractivity contribution in [3.63, 3.8) is 0 Å². The highest BCUT2D eigenvalue weighted by molar-refractivity contribution is 5.71. The molecule has 0 rings (SSSR count). The third kappa shape index (κ3) is 55.8. The van der Waals surface area contributed by atoms with Crippen LogP contribution >= 0.6 is 0 Å². The molecule has 0 amide bonds. The molecule has 70 heavy (non-hydrogen) atoms. The second-order valence-electron chi connectivity index (χ2n) is 19.9. The summed E-state index contributed by atoms with van der Waals surface area (Å²) >= 11 is 0. The quantitative estimate of drug-likeness (QED) is 0.0261. The predicted octanol–water partition coefficient (Wildman–Crippen LogP) is 20.2. The van der Waals surface area contributed by atoms with Crippen molar-refractivity contribution in [2.24, 2.45) is 0 Å². The largest absolute Gasteiger partial charge is 0.462 e. The van der Waals surface area contributed by atoms with Crippen LogP contribution in [0, 0.1) is 0 Å². The summed E-state index contributed by atoms with van der Waals surface area (Å²) in [6.45, 7) is 6.52. The van der Waals surface area contributed by atoms with Gasteiger partial charge >= 0.3 is 17.9 Å². The number of hydrogen-bond acceptors (Lipinski definition) is 6. The lowest BCUT2D eigenvalue weighted by atomic mass is 10.0. The number of carbonyl (C=O) groups excluding carboxylic acids is 3. The molecule has 0 aliphatic heterocycles. The molecule has 1 unspecified atom stereocenters. The Morgan fingerprint density at radius 3 is 0.871 bits per heavy atom. The summed E-state index contributed by atoms with van der Waals surface area (Å²) in [5, 5.41) is 0. The molecule has 0 aromatic heterocycles. The SMILES string of the molecule is CC/C=C\C/C=C\C/C=C\C/C=C\C/C=C\C/C=C\CCCCCCCCCCCCCCC(=O)OCC(COC(=O)CCCCCCCCCCCC)OC(=O)CCCCCCCCCCCCC. The second kappa shape index (κ2) is 58.4. The number of rotatable bonds is 54. The fraction of sp³-hybridized carbons (Fsp3) is 0.766. The van der Waals surface area contributed by atoms with Gasteiger partial charge in [0.2, 0.25) is 0 Å². The highest BCUT2D eigenvalue weighted by Gasteiger charge is 2.19. The highest BCUT2D eigenvalue weighted by atomic mass is 16.6. The van der Waals surface area contributed by atoms with Crippen LogP contribution in [-0.4, -0.2) is 37.2 Å². The van der Waals surface area contributed by atoms with Crippen LogP contribution < -0.4 is 0 Å². The van der Waals surface area contributed by atoms with Crippen molar-refractivity contribution < 1.29 is 28.6 Å². The molecule has 404 valence electrons. The fourth-order valence-electron chi connectivity index (χ4n) is 8.51. The molecule has 0 fully saturated rings. The van der Waals surface area contributed by atoms with E-state index in [4.69, 9.17) is 14.2 Å². The molecule has 1 atom stereocenters. The molecule has 0 saturated carbocycles. The average molecular weight is 978 g/mol. The molecule has 0 bridgehead atoms. The minimum absolute atomic E-state index is 0.0705. The lowest BCUT2D eigenvalue weighted by Gasteiger charge is -2.18. The van der Waals surface area contributed by atoms with Gasteiger partial charge < -0.3 is 14.2 Å². The molecule has 0 saturated heterocycles. The van der Waals surface area contributed by atoms with Gasteiger partial charge in [-0.05, 0) is 70.6 Å². The molecule has 0 aromatic carbocycles. The summed E-state index contributed by atoms with van der Waals surface area (Å²) < 4.78 is 16.8. The van der Waals surface area contributed by atoms with Gasteiger partial charge in [-0.3, -0.25) is 14.4 Å². The monoisotopic (exact) mass is 977 g/mol. The molecule has 0 aliphatic carbocycles. The maximum absolute atomic E-state index is 12.8. The first-order valence-electron chi connectivity index (χ1n) is 29.9. The Balaban J connectivity index is 4.10. The van der Waals surface area contributed by atoms with E-state index in [2.05, 4.69) is 93.7 Å². The lowest BCUT2D eigenvalue weighted by molar-refractivity contribution is -0.167. The molecule has 0 heterocycles. The van der Waals surface area contributed by atoms with E-state index < -0.39 is 6.10 Å². The molecular weight excluding hydrogens is 865 g/mol. The molecular formula is C64H112O6. The summed E-state index contributed by atoms with van der Waals surface area (Å²) in [5.41, 5.74) is 0. The van der Waals surface area contributed by atoms with Gasteiger partial charge in [-0.15, -0.1) is 0 Å². The normalized spacial score (nSPS) is 12.6. The zero-order chi connectivity index (χ0) is 50.7. The number of ether oxygens (including phenoxy) is 3. The predicted molar refractivity (Wildman–Crippen MR) is 302 cm³/mol. The zero-order valence-corrected chi connectivity index (χ0v) is 46.3. The molecule has 0 aliphatic rings. The summed E-state index contributed by atoms with van der Waals surface area (Å²) in [7, 11) is 0. The van der Waals surface area contributed by atoms with Gasteiger partial charge in [-0.1, -0.05) is 280 Å². The van der Waals surface area contributed by atoms with Crippen LogP contribution in [0.4, 0.5) is 0 Å². The van der Waals surface area contributed by atoms with E-state index in [1.165, 1.54) is 161 Å². The van der Waals surface area contributed by atoms with Gasteiger partial charge in [0.05, 0.1) is 0 Å². The Labute approximate surface area is 433 Å². The van der Waals surface area contributed by atoms with Crippen molar-refractivity contribution in [2.75, 3.05) is 13.2 Å². The van der Waals surface area contributed by atoms with Crippen molar-refractivity contribution in [3.05, 3.63) is 72.9 Å². The van der Waals surface area contributed by atoms with Crippen LogP contribution in [0.2, 0.25) is 0 Å². The van der Waals surface area contributed by atoms with Gasteiger partial charge in [0.1, 0.15) is 13.2 Å². The van der Waals surface area contributed by atoms with Gasteiger partial charge in [-0.2, -0.15) is 0 Å². The van der Waals surface area contributed by atoms with E-state index >= 15 is 0 Å². The second-order valence-corrected chi connectivity index (χ2v) is 19.9. The van der Waals surface area contributed by atoms with Gasteiger partial charge in [-0.25, -0.2) is 0 Å². The molecule has 6 heteroatoms. The van der Waals surface area contributed by atoms with Crippen LogP contribution in [-0.2, 0) is 28.6 Å². The van der Waals surface area contributed by atoms with E-state index in [0.29, 0.717) is 19.3 Å². The van der Waals surface area contributed by atoms with Crippen molar-refractivity contribution in [1.82, 2.24) is 0 Å². The van der Waals surface area contributed by atoms with E-state index in [1.54, 1.807) is 0 Å². The van der Waals surface area contributed by atoms with Crippen LogP contribution in [0.15, 0.2) is 72.9 Å². The number of allylic oxidation sites excluding steroid dienone is 12. The molecule has 0 spiro atoms. The Bertz CT molecular complexity index is 1310.